The van der Waals surface area contributed by atoms with Crippen LogP contribution in [0.25, 0.3) is 16.8 Å². The number of rotatable bonds is 5. The van der Waals surface area contributed by atoms with Gasteiger partial charge >= 0.3 is 0 Å². The number of hydrogen-bond donors (Lipinski definition) is 2. The number of aromatic nitrogens is 3. The van der Waals surface area contributed by atoms with E-state index in [0.29, 0.717) is 23.4 Å². The highest BCUT2D eigenvalue weighted by Crippen LogP contribution is 2.50. The minimum absolute atomic E-state index is 0.000338. The highest BCUT2D eigenvalue weighted by atomic mass is 19.3. The third-order valence-electron chi connectivity index (χ3n) is 8.25. The van der Waals surface area contributed by atoms with Crippen molar-refractivity contribution in [2.45, 2.75) is 49.5 Å². The van der Waals surface area contributed by atoms with Gasteiger partial charge in [-0.15, -0.1) is 0 Å². The third-order valence-corrected chi connectivity index (χ3v) is 8.25. The molecule has 4 heterocycles. The normalized spacial score (nSPS) is 23.6. The monoisotopic (exact) mass is 508 g/mol. The molecule has 0 atom stereocenters. The molecule has 37 heavy (non-hydrogen) atoms. The van der Waals surface area contributed by atoms with Gasteiger partial charge in [-0.3, -0.25) is 4.40 Å². The van der Waals surface area contributed by atoms with Gasteiger partial charge in [0, 0.05) is 29.1 Å². The van der Waals surface area contributed by atoms with Crippen molar-refractivity contribution in [3.8, 4) is 11.3 Å². The molecule has 9 heteroatoms. The summed E-state index contributed by atoms with van der Waals surface area (Å²) in [6, 6.07) is 9.56. The van der Waals surface area contributed by atoms with E-state index < -0.39 is 17.3 Å². The van der Waals surface area contributed by atoms with E-state index in [2.05, 4.69) is 4.98 Å². The number of imidazole rings is 1. The number of ether oxygens (including phenoxy) is 1. The fourth-order valence-electron chi connectivity index (χ4n) is 5.84. The molecule has 4 aromatic rings. The van der Waals surface area contributed by atoms with Gasteiger partial charge in [0.15, 0.2) is 0 Å². The molecular formula is C28H27F3N4O2. The maximum atomic E-state index is 15.3. The molecule has 0 spiro atoms. The quantitative estimate of drug-likeness (QED) is 0.390. The lowest BCUT2D eigenvalue weighted by Crippen LogP contribution is -2.55. The van der Waals surface area contributed by atoms with Gasteiger partial charge in [-0.05, 0) is 44.2 Å². The molecule has 3 fully saturated rings. The van der Waals surface area contributed by atoms with E-state index in [1.165, 1.54) is 37.3 Å². The number of benzene rings is 2. The van der Waals surface area contributed by atoms with Crippen LogP contribution in [-0.4, -0.2) is 38.3 Å². The molecule has 2 bridgehead atoms. The molecule has 2 saturated heterocycles. The van der Waals surface area contributed by atoms with E-state index in [-0.39, 0.29) is 34.5 Å². The van der Waals surface area contributed by atoms with Gasteiger partial charge in [0.2, 0.25) is 0 Å². The molecule has 2 aliphatic heterocycles. The van der Waals surface area contributed by atoms with Gasteiger partial charge in [-0.2, -0.15) is 8.78 Å². The fraction of sp³-hybridized carbons (Fsp3) is 0.357. The first-order valence-electron chi connectivity index (χ1n) is 12.3. The van der Waals surface area contributed by atoms with Crippen LogP contribution in [-0.2, 0) is 16.1 Å². The van der Waals surface area contributed by atoms with Crippen LogP contribution < -0.4 is 5.73 Å². The second-order valence-corrected chi connectivity index (χ2v) is 10.3. The predicted molar refractivity (Wildman–Crippen MR) is 133 cm³/mol. The summed E-state index contributed by atoms with van der Waals surface area (Å²) in [5.41, 5.74) is 6.57. The van der Waals surface area contributed by atoms with Crippen molar-refractivity contribution >= 4 is 11.3 Å². The number of halogens is 3. The van der Waals surface area contributed by atoms with Crippen LogP contribution in [0.1, 0.15) is 48.2 Å². The molecule has 6 nitrogen and oxygen atoms in total. The minimum atomic E-state index is -3.37. The third kappa shape index (κ3) is 3.55. The number of nitrogens with zero attached hydrogens (tertiary/aromatic N) is 3. The SMILES string of the molecule is Cc1c(F)cccc1C(F)(F)c1ccc(-c2nc(C34CCC(CO)(CC3)OC4)n3ccnc(N)c23)cc1. The predicted octanol–water partition coefficient (Wildman–Crippen LogP) is 5.14. The molecule has 0 radical (unpaired) electrons. The number of alkyl halides is 2. The highest BCUT2D eigenvalue weighted by Gasteiger charge is 2.52. The molecule has 2 aromatic heterocycles. The number of nitrogens with two attached hydrogens (primary N) is 1. The topological polar surface area (TPSA) is 85.7 Å². The van der Waals surface area contributed by atoms with Crippen LogP contribution in [0.3, 0.4) is 0 Å². The zero-order valence-corrected chi connectivity index (χ0v) is 20.3. The Bertz CT molecular complexity index is 1480. The van der Waals surface area contributed by atoms with Crippen LogP contribution in [0.4, 0.5) is 19.0 Å². The summed E-state index contributed by atoms with van der Waals surface area (Å²) in [6.07, 6.45) is 6.52. The average Bonchev–Trinajstić information content (AvgIpc) is 3.33. The number of nitrogen functional groups attached to an aromatic ring is 1. The number of fused-ring (bicyclic) bond motifs is 4. The van der Waals surface area contributed by atoms with Gasteiger partial charge in [0.25, 0.3) is 5.92 Å². The minimum Gasteiger partial charge on any atom is -0.393 e. The lowest BCUT2D eigenvalue weighted by atomic mass is 9.66. The van der Waals surface area contributed by atoms with Gasteiger partial charge in [-0.25, -0.2) is 14.4 Å². The average molecular weight is 509 g/mol. The van der Waals surface area contributed by atoms with Gasteiger partial charge < -0.3 is 15.6 Å². The Labute approximate surface area is 211 Å². The van der Waals surface area contributed by atoms with Crippen LogP contribution >= 0.6 is 0 Å². The van der Waals surface area contributed by atoms with E-state index >= 15 is 8.78 Å². The zero-order chi connectivity index (χ0) is 26.0. The first kappa shape index (κ1) is 23.9. The first-order valence-corrected chi connectivity index (χ1v) is 12.3. The Hall–Kier alpha value is -3.43. The van der Waals surface area contributed by atoms with Crippen molar-refractivity contribution in [2.24, 2.45) is 0 Å². The van der Waals surface area contributed by atoms with Crippen molar-refractivity contribution in [2.75, 3.05) is 18.9 Å². The Kier molecular flexibility index (Phi) is 5.36. The van der Waals surface area contributed by atoms with E-state index in [1.54, 1.807) is 18.3 Å². The van der Waals surface area contributed by atoms with Crippen LogP contribution in [0, 0.1) is 12.7 Å². The maximum Gasteiger partial charge on any atom is 0.298 e. The van der Waals surface area contributed by atoms with Crippen LogP contribution in [0.5, 0.6) is 0 Å². The highest BCUT2D eigenvalue weighted by molar-refractivity contribution is 5.85. The molecule has 1 saturated carbocycles. The second-order valence-electron chi connectivity index (χ2n) is 10.3. The molecular weight excluding hydrogens is 481 g/mol. The molecule has 2 aromatic carbocycles. The first-order chi connectivity index (χ1) is 17.7. The van der Waals surface area contributed by atoms with Crippen molar-refractivity contribution in [1.82, 2.24) is 14.4 Å². The van der Waals surface area contributed by atoms with E-state index in [1.807, 2.05) is 10.6 Å². The summed E-state index contributed by atoms with van der Waals surface area (Å²) in [5.74, 6) is -2.96. The lowest BCUT2D eigenvalue weighted by Gasteiger charge is -2.51. The summed E-state index contributed by atoms with van der Waals surface area (Å²) < 4.78 is 52.7. The summed E-state index contributed by atoms with van der Waals surface area (Å²) in [6.45, 7) is 1.79. The number of anilines is 1. The molecule has 192 valence electrons. The van der Waals surface area contributed by atoms with Gasteiger partial charge in [0.1, 0.15) is 28.7 Å². The van der Waals surface area contributed by atoms with Gasteiger partial charge in [0.05, 0.1) is 24.2 Å². The van der Waals surface area contributed by atoms with Crippen molar-refractivity contribution < 1.29 is 23.0 Å². The summed E-state index contributed by atoms with van der Waals surface area (Å²) in [7, 11) is 0. The van der Waals surface area contributed by atoms with E-state index in [4.69, 9.17) is 15.5 Å². The summed E-state index contributed by atoms with van der Waals surface area (Å²) in [4.78, 5) is 9.25. The number of hydrogen-bond acceptors (Lipinski definition) is 5. The Balaban J connectivity index is 1.42. The smallest absolute Gasteiger partial charge is 0.298 e. The molecule has 0 amide bonds. The van der Waals surface area contributed by atoms with Crippen molar-refractivity contribution in [3.63, 3.8) is 0 Å². The summed E-state index contributed by atoms with van der Waals surface area (Å²) in [5, 5.41) is 9.82. The summed E-state index contributed by atoms with van der Waals surface area (Å²) >= 11 is 0. The Morgan fingerprint density at radius 3 is 2.49 bits per heavy atom. The van der Waals surface area contributed by atoms with Crippen molar-refractivity contribution in [1.29, 1.82) is 0 Å². The Morgan fingerprint density at radius 1 is 1.11 bits per heavy atom. The molecule has 3 aliphatic rings. The molecule has 3 N–H and O–H groups in total. The Morgan fingerprint density at radius 2 is 1.84 bits per heavy atom. The lowest BCUT2D eigenvalue weighted by molar-refractivity contribution is -0.177. The van der Waals surface area contributed by atoms with Gasteiger partial charge in [-0.1, -0.05) is 36.4 Å². The van der Waals surface area contributed by atoms with Crippen molar-refractivity contribution in [3.05, 3.63) is 83.2 Å². The number of aliphatic hydroxyl groups is 1. The zero-order valence-electron chi connectivity index (χ0n) is 20.3. The maximum absolute atomic E-state index is 15.3. The van der Waals surface area contributed by atoms with Crippen LogP contribution in [0.2, 0.25) is 0 Å². The fourth-order valence-corrected chi connectivity index (χ4v) is 5.84. The molecule has 7 rings (SSSR count). The molecule has 1 aliphatic carbocycles. The number of aliphatic hydroxyl groups excluding tert-OH is 1. The second kappa shape index (κ2) is 8.29. The van der Waals surface area contributed by atoms with Crippen LogP contribution in [0.15, 0.2) is 54.9 Å². The largest absolute Gasteiger partial charge is 0.393 e. The standard InChI is InChI=1S/C28H27F3N4O2/c1-17-20(3-2-4-21(17)29)28(30,31)19-7-5-18(6-8-19)22-23-24(32)33-13-14-35(23)25(34-22)26-9-11-27(15-36,12-10-26)37-16-26/h2-8,13-14,36H,9-12,15-16H2,1H3,(H2,32,33). The van der Waals surface area contributed by atoms with E-state index in [9.17, 15) is 9.50 Å². The van der Waals surface area contributed by atoms with E-state index in [0.717, 1.165) is 31.5 Å². The molecule has 0 unspecified atom stereocenters.